The van der Waals surface area contributed by atoms with Crippen LogP contribution in [0.25, 0.3) is 11.8 Å². The molecule has 2 aromatic carbocycles. The highest BCUT2D eigenvalue weighted by atomic mass is 32.1. The molecule has 3 heterocycles. The highest BCUT2D eigenvalue weighted by Crippen LogP contribution is 2.42. The van der Waals surface area contributed by atoms with Gasteiger partial charge in [-0.15, -0.1) is 11.3 Å². The van der Waals surface area contributed by atoms with E-state index in [2.05, 4.69) is 29.6 Å². The number of allylic oxidation sites excluding steroid dienone is 1. The average Bonchev–Trinajstić information content (AvgIpc) is 3.52. The summed E-state index contributed by atoms with van der Waals surface area (Å²) in [6.45, 7) is 1.34. The van der Waals surface area contributed by atoms with E-state index in [1.807, 2.05) is 22.8 Å². The fourth-order valence-electron chi connectivity index (χ4n) is 4.88. The summed E-state index contributed by atoms with van der Waals surface area (Å²) in [7, 11) is 1.52. The van der Waals surface area contributed by atoms with E-state index in [1.54, 1.807) is 29.5 Å². The highest BCUT2D eigenvalue weighted by Gasteiger charge is 2.33. The summed E-state index contributed by atoms with van der Waals surface area (Å²) in [6.07, 6.45) is 3.65. The van der Waals surface area contributed by atoms with Crippen LogP contribution in [0.15, 0.2) is 75.3 Å². The second-order valence-electron chi connectivity index (χ2n) is 8.63. The molecule has 0 unspecified atom stereocenters. The topological polar surface area (TPSA) is 69.9 Å². The number of aryl methyl sites for hydroxylation is 1. The lowest BCUT2D eigenvalue weighted by Crippen LogP contribution is -2.38. The van der Waals surface area contributed by atoms with Gasteiger partial charge >= 0.3 is 5.97 Å². The monoisotopic (exact) mass is 514 g/mol. The molecule has 0 amide bonds. The predicted molar refractivity (Wildman–Crippen MR) is 141 cm³/mol. The first-order valence-corrected chi connectivity index (χ1v) is 13.3. The number of rotatable bonds is 4. The van der Waals surface area contributed by atoms with Crippen LogP contribution in [0.1, 0.15) is 41.0 Å². The Morgan fingerprint density at radius 2 is 1.97 bits per heavy atom. The van der Waals surface area contributed by atoms with Crippen LogP contribution in [-0.2, 0) is 11.2 Å². The van der Waals surface area contributed by atoms with Crippen molar-refractivity contribution in [3.05, 3.63) is 107 Å². The number of thiazole rings is 1. The van der Waals surface area contributed by atoms with Crippen LogP contribution in [0.4, 0.5) is 0 Å². The van der Waals surface area contributed by atoms with Crippen LogP contribution in [0, 0.1) is 0 Å². The van der Waals surface area contributed by atoms with E-state index in [-0.39, 0.29) is 11.6 Å². The molecule has 1 atom stereocenters. The maximum atomic E-state index is 13.8. The van der Waals surface area contributed by atoms with E-state index in [1.165, 1.54) is 36.5 Å². The summed E-state index contributed by atoms with van der Waals surface area (Å²) < 4.78 is 13.0. The number of hydrogen-bond donors (Lipinski definition) is 0. The molecule has 0 radical (unpaired) electrons. The molecule has 6 nitrogen and oxygen atoms in total. The summed E-state index contributed by atoms with van der Waals surface area (Å²) in [5.74, 6) is 0.344. The zero-order valence-electron chi connectivity index (χ0n) is 19.7. The first-order chi connectivity index (χ1) is 17.5. The van der Waals surface area contributed by atoms with Gasteiger partial charge in [0.1, 0.15) is 0 Å². The van der Waals surface area contributed by atoms with Crippen molar-refractivity contribution < 1.29 is 14.3 Å². The van der Waals surface area contributed by atoms with Crippen molar-refractivity contribution in [2.75, 3.05) is 7.11 Å². The first-order valence-electron chi connectivity index (χ1n) is 11.6. The molecule has 0 saturated heterocycles. The Morgan fingerprint density at radius 1 is 1.11 bits per heavy atom. The Balaban J connectivity index is 1.53. The lowest BCUT2D eigenvalue weighted by Gasteiger charge is -2.30. The maximum absolute atomic E-state index is 13.8. The van der Waals surface area contributed by atoms with Gasteiger partial charge in [-0.2, -0.15) is 0 Å². The van der Waals surface area contributed by atoms with Crippen LogP contribution < -0.4 is 24.4 Å². The molecule has 1 aliphatic heterocycles. The van der Waals surface area contributed by atoms with E-state index in [4.69, 9.17) is 14.5 Å². The van der Waals surface area contributed by atoms with Gasteiger partial charge < -0.3 is 9.47 Å². The van der Waals surface area contributed by atoms with Crippen LogP contribution in [0.3, 0.4) is 0 Å². The zero-order chi connectivity index (χ0) is 24.8. The number of nitrogens with zero attached hydrogens (tertiary/aromatic N) is 2. The molecular weight excluding hydrogens is 492 g/mol. The highest BCUT2D eigenvalue weighted by molar-refractivity contribution is 7.10. The van der Waals surface area contributed by atoms with E-state index in [9.17, 15) is 9.59 Å². The van der Waals surface area contributed by atoms with E-state index < -0.39 is 5.97 Å². The number of carbonyl (C=O) groups is 1. The van der Waals surface area contributed by atoms with E-state index >= 15 is 0 Å². The number of carbonyl (C=O) groups excluding carboxylic acids is 1. The van der Waals surface area contributed by atoms with Crippen molar-refractivity contribution in [1.82, 2.24) is 4.57 Å². The standard InChI is InChI=1S/C28H22N2O4S2/c1-16(31)34-21-12-9-17(14-22(21)33-2)15-24-27(32)30-26(23-8-5-13-35-23)20-11-10-18-6-3-4-7-19(18)25(20)29-28(30)36-24/h3-9,12-15,26H,10-11H2,1-2H3/b24-15+/t26-/m1/s1. The summed E-state index contributed by atoms with van der Waals surface area (Å²) in [4.78, 5) is 32.0. The largest absolute Gasteiger partial charge is 0.493 e. The Morgan fingerprint density at radius 3 is 2.75 bits per heavy atom. The molecule has 0 N–H and O–H groups in total. The summed E-state index contributed by atoms with van der Waals surface area (Å²) in [5.41, 5.74) is 5.35. The number of hydrogen-bond acceptors (Lipinski definition) is 7. The summed E-state index contributed by atoms with van der Waals surface area (Å²) >= 11 is 3.05. The molecule has 2 aromatic heterocycles. The second kappa shape index (κ2) is 9.04. The molecule has 8 heteroatoms. The van der Waals surface area contributed by atoms with Crippen molar-refractivity contribution in [2.24, 2.45) is 4.99 Å². The van der Waals surface area contributed by atoms with Gasteiger partial charge in [0.2, 0.25) is 0 Å². The first kappa shape index (κ1) is 22.7. The minimum absolute atomic E-state index is 0.0643. The smallest absolute Gasteiger partial charge is 0.308 e. The fraction of sp³-hybridized carbons (Fsp3) is 0.179. The molecule has 4 aromatic rings. The molecule has 36 heavy (non-hydrogen) atoms. The lowest BCUT2D eigenvalue weighted by molar-refractivity contribution is -0.132. The third kappa shape index (κ3) is 3.83. The summed E-state index contributed by atoms with van der Waals surface area (Å²) in [6, 6.07) is 17.6. The van der Waals surface area contributed by atoms with Crippen LogP contribution in [-0.4, -0.2) is 17.6 Å². The summed E-state index contributed by atoms with van der Waals surface area (Å²) in [5, 5.41) is 2.05. The minimum Gasteiger partial charge on any atom is -0.493 e. The van der Waals surface area contributed by atoms with Gasteiger partial charge in [-0.1, -0.05) is 47.7 Å². The van der Waals surface area contributed by atoms with Gasteiger partial charge in [-0.05, 0) is 59.2 Å². The molecule has 0 spiro atoms. The van der Waals surface area contributed by atoms with E-state index in [0.29, 0.717) is 20.8 Å². The maximum Gasteiger partial charge on any atom is 0.308 e. The minimum atomic E-state index is -0.423. The number of thiophene rings is 1. The third-order valence-corrected chi connectivity index (χ3v) is 8.33. The number of esters is 1. The second-order valence-corrected chi connectivity index (χ2v) is 10.6. The fourth-order valence-corrected chi connectivity index (χ4v) is 6.73. The van der Waals surface area contributed by atoms with Gasteiger partial charge in [-0.3, -0.25) is 14.2 Å². The van der Waals surface area contributed by atoms with Crippen LogP contribution in [0.5, 0.6) is 11.5 Å². The predicted octanol–water partition coefficient (Wildman–Crippen LogP) is 4.31. The average molecular weight is 515 g/mol. The lowest BCUT2D eigenvalue weighted by atomic mass is 9.85. The van der Waals surface area contributed by atoms with Crippen LogP contribution in [0.2, 0.25) is 0 Å². The zero-order valence-corrected chi connectivity index (χ0v) is 21.3. The Labute approximate surface area is 215 Å². The number of fused-ring (bicyclic) bond motifs is 3. The van der Waals surface area contributed by atoms with Crippen molar-refractivity contribution in [3.63, 3.8) is 0 Å². The Hall–Kier alpha value is -3.75. The molecule has 1 aliphatic carbocycles. The van der Waals surface area contributed by atoms with E-state index in [0.717, 1.165) is 34.5 Å². The van der Waals surface area contributed by atoms with Crippen molar-refractivity contribution in [1.29, 1.82) is 0 Å². The molecule has 0 saturated carbocycles. The quantitative estimate of drug-likeness (QED) is 0.301. The van der Waals surface area contributed by atoms with Gasteiger partial charge in [0, 0.05) is 17.4 Å². The molecule has 0 bridgehead atoms. The SMILES string of the molecule is COc1cc(/C=c2/sc3n(c2=O)[C@@H](c2cccs2)C2=C(N=3)c3ccccc3CC2)ccc1OC(C)=O. The van der Waals surface area contributed by atoms with Crippen LogP contribution >= 0.6 is 22.7 Å². The molecule has 2 aliphatic rings. The number of benzene rings is 2. The normalized spacial score (nSPS) is 16.6. The van der Waals surface area contributed by atoms with Gasteiger partial charge in [-0.25, -0.2) is 4.99 Å². The number of aromatic nitrogens is 1. The molecule has 6 rings (SSSR count). The van der Waals surface area contributed by atoms with Crippen molar-refractivity contribution >= 4 is 40.4 Å². The molecular formula is C28H22N2O4S2. The molecule has 0 fully saturated rings. The van der Waals surface area contributed by atoms with Crippen molar-refractivity contribution in [3.8, 4) is 11.5 Å². The van der Waals surface area contributed by atoms with Crippen molar-refractivity contribution in [2.45, 2.75) is 25.8 Å². The molecule has 180 valence electrons. The third-order valence-electron chi connectivity index (χ3n) is 6.42. The van der Waals surface area contributed by atoms with Gasteiger partial charge in [0.25, 0.3) is 5.56 Å². The van der Waals surface area contributed by atoms with Gasteiger partial charge in [0.05, 0.1) is 23.4 Å². The van der Waals surface area contributed by atoms with Gasteiger partial charge in [0.15, 0.2) is 16.3 Å². The Bertz CT molecular complexity index is 1710. The number of methoxy groups -OCH3 is 1. The Kier molecular flexibility index (Phi) is 5.70. The number of ether oxygens (including phenoxy) is 2.